The van der Waals surface area contributed by atoms with Crippen molar-refractivity contribution in [3.8, 4) is 5.75 Å². The minimum atomic E-state index is -0.306. The van der Waals surface area contributed by atoms with Gasteiger partial charge in [0.2, 0.25) is 5.91 Å². The van der Waals surface area contributed by atoms with Gasteiger partial charge in [-0.2, -0.15) is 0 Å². The van der Waals surface area contributed by atoms with Gasteiger partial charge in [-0.15, -0.1) is 0 Å². The molecule has 25 heavy (non-hydrogen) atoms. The van der Waals surface area contributed by atoms with E-state index in [9.17, 15) is 4.79 Å². The number of H-pyrrole nitrogens is 1. The lowest BCUT2D eigenvalue weighted by atomic mass is 9.87. The third-order valence-electron chi connectivity index (χ3n) is 4.59. The number of carbonyl (C=O) groups is 1. The van der Waals surface area contributed by atoms with Crippen LogP contribution in [-0.4, -0.2) is 17.5 Å². The molecule has 3 N–H and O–H groups in total. The number of carbonyl (C=O) groups excluding carboxylic acids is 1. The Kier molecular flexibility index (Phi) is 5.08. The molecule has 1 heterocycles. The van der Waals surface area contributed by atoms with Crippen LogP contribution < -0.4 is 10.5 Å². The molecule has 0 bridgehead atoms. The average molecular weight is 336 g/mol. The summed E-state index contributed by atoms with van der Waals surface area (Å²) in [6.07, 6.45) is 3.24. The van der Waals surface area contributed by atoms with Gasteiger partial charge in [0, 0.05) is 29.4 Å². The van der Waals surface area contributed by atoms with E-state index in [2.05, 4.69) is 30.1 Å². The van der Waals surface area contributed by atoms with Gasteiger partial charge in [0.25, 0.3) is 0 Å². The van der Waals surface area contributed by atoms with Crippen molar-refractivity contribution in [3.63, 3.8) is 0 Å². The molecule has 1 aromatic heterocycles. The number of hydrogen-bond donors (Lipinski definition) is 2. The summed E-state index contributed by atoms with van der Waals surface area (Å²) in [5.74, 6) is 0.449. The minimum Gasteiger partial charge on any atom is -0.494 e. The number of amides is 1. The molecule has 1 atom stereocenters. The van der Waals surface area contributed by atoms with Crippen molar-refractivity contribution in [3.05, 3.63) is 65.4 Å². The molecule has 0 saturated carbocycles. The first-order chi connectivity index (χ1) is 12.1. The molecule has 0 spiro atoms. The Hall–Kier alpha value is -2.75. The molecule has 4 heteroatoms. The number of rotatable bonds is 7. The predicted molar refractivity (Wildman–Crippen MR) is 101 cm³/mol. The lowest BCUT2D eigenvalue weighted by molar-refractivity contribution is -0.118. The summed E-state index contributed by atoms with van der Waals surface area (Å²) < 4.78 is 5.52. The van der Waals surface area contributed by atoms with E-state index in [0.717, 1.165) is 34.2 Å². The summed E-state index contributed by atoms with van der Waals surface area (Å²) in [7, 11) is 0. The van der Waals surface area contributed by atoms with E-state index >= 15 is 0 Å². The van der Waals surface area contributed by atoms with Gasteiger partial charge in [0.05, 0.1) is 6.61 Å². The first-order valence-electron chi connectivity index (χ1n) is 8.74. The zero-order valence-electron chi connectivity index (χ0n) is 14.7. The van der Waals surface area contributed by atoms with Gasteiger partial charge in [0.1, 0.15) is 5.75 Å². The molecule has 2 aromatic carbocycles. The van der Waals surface area contributed by atoms with Crippen molar-refractivity contribution in [1.82, 2.24) is 4.98 Å². The van der Waals surface area contributed by atoms with E-state index in [1.165, 1.54) is 5.56 Å². The van der Waals surface area contributed by atoms with Crippen LogP contribution in [0.25, 0.3) is 10.9 Å². The molecule has 0 aliphatic rings. The standard InChI is InChI=1S/C21H24N2O2/c1-3-14-6-5-7-17-19(13-23-21(14)17)18(12-20(22)24)15-8-10-16(11-9-15)25-4-2/h5-11,13,18,23H,3-4,12H2,1-2H3,(H2,22,24)/t18-/m1/s1. The van der Waals surface area contributed by atoms with Gasteiger partial charge in [-0.25, -0.2) is 0 Å². The molecule has 0 radical (unpaired) electrons. The van der Waals surface area contributed by atoms with Crippen LogP contribution in [0.5, 0.6) is 5.75 Å². The van der Waals surface area contributed by atoms with E-state index in [0.29, 0.717) is 6.61 Å². The summed E-state index contributed by atoms with van der Waals surface area (Å²) in [6, 6.07) is 14.2. The maximum Gasteiger partial charge on any atom is 0.218 e. The zero-order chi connectivity index (χ0) is 17.8. The predicted octanol–water partition coefficient (Wildman–Crippen LogP) is 4.14. The van der Waals surface area contributed by atoms with Crippen LogP contribution in [0.15, 0.2) is 48.7 Å². The Balaban J connectivity index is 2.05. The SMILES string of the molecule is CCOc1ccc([C@@H](CC(N)=O)c2c[nH]c3c(CC)cccc23)cc1. The Labute approximate surface area is 148 Å². The third kappa shape index (κ3) is 3.53. The summed E-state index contributed by atoms with van der Waals surface area (Å²) in [5.41, 5.74) is 10.1. The van der Waals surface area contributed by atoms with Crippen molar-refractivity contribution in [2.45, 2.75) is 32.6 Å². The smallest absolute Gasteiger partial charge is 0.218 e. The van der Waals surface area contributed by atoms with E-state index < -0.39 is 0 Å². The lowest BCUT2D eigenvalue weighted by Crippen LogP contribution is -2.16. The highest BCUT2D eigenvalue weighted by Gasteiger charge is 2.21. The lowest BCUT2D eigenvalue weighted by Gasteiger charge is -2.16. The fourth-order valence-corrected chi connectivity index (χ4v) is 3.39. The maximum absolute atomic E-state index is 11.7. The fraction of sp³-hybridized carbons (Fsp3) is 0.286. The monoisotopic (exact) mass is 336 g/mol. The highest BCUT2D eigenvalue weighted by Crippen LogP contribution is 2.35. The van der Waals surface area contributed by atoms with Gasteiger partial charge in [-0.05, 0) is 42.2 Å². The highest BCUT2D eigenvalue weighted by atomic mass is 16.5. The molecule has 0 aliphatic carbocycles. The molecule has 3 aromatic rings. The van der Waals surface area contributed by atoms with Crippen molar-refractivity contribution < 1.29 is 9.53 Å². The highest BCUT2D eigenvalue weighted by molar-refractivity contribution is 5.88. The summed E-state index contributed by atoms with van der Waals surface area (Å²) in [6.45, 7) is 4.73. The molecule has 1 amide bonds. The number of para-hydroxylation sites is 1. The Morgan fingerprint density at radius 1 is 1.16 bits per heavy atom. The minimum absolute atomic E-state index is 0.0750. The van der Waals surface area contributed by atoms with Crippen LogP contribution >= 0.6 is 0 Å². The van der Waals surface area contributed by atoms with Crippen molar-refractivity contribution in [1.29, 1.82) is 0 Å². The number of aromatic amines is 1. The average Bonchev–Trinajstić information content (AvgIpc) is 3.04. The molecular weight excluding hydrogens is 312 g/mol. The molecule has 0 fully saturated rings. The Morgan fingerprint density at radius 3 is 2.56 bits per heavy atom. The van der Waals surface area contributed by atoms with E-state index in [1.54, 1.807) is 0 Å². The molecule has 0 unspecified atom stereocenters. The zero-order valence-corrected chi connectivity index (χ0v) is 14.7. The number of fused-ring (bicyclic) bond motifs is 1. The first-order valence-corrected chi connectivity index (χ1v) is 8.74. The van der Waals surface area contributed by atoms with E-state index in [1.807, 2.05) is 37.4 Å². The molecule has 3 rings (SSSR count). The van der Waals surface area contributed by atoms with Crippen LogP contribution in [0.3, 0.4) is 0 Å². The number of nitrogens with one attached hydrogen (secondary N) is 1. The van der Waals surface area contributed by atoms with Crippen LogP contribution in [0.2, 0.25) is 0 Å². The molecule has 130 valence electrons. The van der Waals surface area contributed by atoms with Gasteiger partial charge in [0.15, 0.2) is 0 Å². The molecule has 4 nitrogen and oxygen atoms in total. The second kappa shape index (κ2) is 7.43. The second-order valence-corrected chi connectivity index (χ2v) is 6.16. The summed E-state index contributed by atoms with van der Waals surface area (Å²) >= 11 is 0. The quantitative estimate of drug-likeness (QED) is 0.681. The Morgan fingerprint density at radius 2 is 1.92 bits per heavy atom. The van der Waals surface area contributed by atoms with Crippen molar-refractivity contribution >= 4 is 16.8 Å². The number of benzene rings is 2. The fourth-order valence-electron chi connectivity index (χ4n) is 3.39. The number of nitrogens with two attached hydrogens (primary N) is 1. The van der Waals surface area contributed by atoms with Crippen LogP contribution in [0.4, 0.5) is 0 Å². The normalized spacial score (nSPS) is 12.2. The van der Waals surface area contributed by atoms with Crippen molar-refractivity contribution in [2.24, 2.45) is 5.73 Å². The van der Waals surface area contributed by atoms with Gasteiger partial charge >= 0.3 is 0 Å². The van der Waals surface area contributed by atoms with Gasteiger partial charge in [-0.3, -0.25) is 4.79 Å². The summed E-state index contributed by atoms with van der Waals surface area (Å²) in [4.78, 5) is 15.1. The van der Waals surface area contributed by atoms with Gasteiger partial charge < -0.3 is 15.5 Å². The van der Waals surface area contributed by atoms with Gasteiger partial charge in [-0.1, -0.05) is 37.3 Å². The number of aryl methyl sites for hydroxylation is 1. The topological polar surface area (TPSA) is 68.1 Å². The van der Waals surface area contributed by atoms with Crippen LogP contribution in [0.1, 0.15) is 42.9 Å². The first kappa shape index (κ1) is 17.1. The number of primary amides is 1. The number of hydrogen-bond acceptors (Lipinski definition) is 2. The third-order valence-corrected chi connectivity index (χ3v) is 4.59. The number of aromatic nitrogens is 1. The summed E-state index contributed by atoms with van der Waals surface area (Å²) in [5, 5.41) is 1.15. The number of ether oxygens (including phenoxy) is 1. The van der Waals surface area contributed by atoms with Crippen LogP contribution in [0, 0.1) is 0 Å². The Bertz CT molecular complexity index is 865. The maximum atomic E-state index is 11.7. The van der Waals surface area contributed by atoms with Crippen LogP contribution in [-0.2, 0) is 11.2 Å². The second-order valence-electron chi connectivity index (χ2n) is 6.16. The van der Waals surface area contributed by atoms with E-state index in [-0.39, 0.29) is 18.2 Å². The van der Waals surface area contributed by atoms with Crippen molar-refractivity contribution in [2.75, 3.05) is 6.61 Å². The molecule has 0 saturated heterocycles. The molecule has 0 aliphatic heterocycles. The largest absolute Gasteiger partial charge is 0.494 e. The molecular formula is C21H24N2O2. The van der Waals surface area contributed by atoms with E-state index in [4.69, 9.17) is 10.5 Å².